The molecule has 0 saturated heterocycles. The number of nitrogens with two attached hydrogens (primary N) is 1. The van der Waals surface area contributed by atoms with Crippen LogP contribution < -0.4 is 21.7 Å². The topological polar surface area (TPSA) is 208 Å². The number of thioether (sulfide) groups is 1. The molecular formula is C16H28N4O8S2. The molecule has 0 aromatic carbocycles. The van der Waals surface area contributed by atoms with Gasteiger partial charge in [-0.3, -0.25) is 19.2 Å². The van der Waals surface area contributed by atoms with Crippen LogP contribution in [0.5, 0.6) is 0 Å². The van der Waals surface area contributed by atoms with Gasteiger partial charge in [0, 0.05) is 5.75 Å². The highest BCUT2D eigenvalue weighted by atomic mass is 32.2. The molecule has 0 aromatic heterocycles. The summed E-state index contributed by atoms with van der Waals surface area (Å²) in [7, 11) is 0. The SMILES string of the molecule is CSCCC(NC(=O)C(NC(=O)C(N)CC(=O)O)C(C)O)C(=O)NC(CS)C(=O)O. The number of rotatable bonds is 14. The van der Waals surface area contributed by atoms with Crippen molar-refractivity contribution in [3.63, 3.8) is 0 Å². The second-order valence-corrected chi connectivity index (χ2v) is 7.71. The Kier molecular flexibility index (Phi) is 13.1. The van der Waals surface area contributed by atoms with Gasteiger partial charge in [-0.15, -0.1) is 0 Å². The molecule has 0 aliphatic heterocycles. The van der Waals surface area contributed by atoms with Crippen LogP contribution in [0.1, 0.15) is 19.8 Å². The third kappa shape index (κ3) is 10.1. The number of aliphatic hydroxyl groups excluding tert-OH is 1. The van der Waals surface area contributed by atoms with Gasteiger partial charge in [-0.05, 0) is 25.4 Å². The number of hydrogen-bond donors (Lipinski definition) is 8. The number of carboxylic acid groups (broad SMARTS) is 2. The van der Waals surface area contributed by atoms with Crippen LogP contribution >= 0.6 is 24.4 Å². The van der Waals surface area contributed by atoms with E-state index >= 15 is 0 Å². The normalized spacial score (nSPS) is 15.8. The molecule has 0 aromatic rings. The molecule has 14 heteroatoms. The third-order valence-corrected chi connectivity index (χ3v) is 4.84. The van der Waals surface area contributed by atoms with Crippen molar-refractivity contribution < 1.29 is 39.3 Å². The van der Waals surface area contributed by atoms with Gasteiger partial charge in [0.2, 0.25) is 17.7 Å². The number of amides is 3. The number of thiol groups is 1. The Hall–Kier alpha value is -2.03. The number of carboxylic acids is 2. The van der Waals surface area contributed by atoms with E-state index < -0.39 is 66.4 Å². The minimum atomic E-state index is -1.51. The molecule has 0 aliphatic carbocycles. The summed E-state index contributed by atoms with van der Waals surface area (Å²) in [4.78, 5) is 58.8. The Morgan fingerprint density at radius 3 is 2.00 bits per heavy atom. The molecule has 5 unspecified atom stereocenters. The van der Waals surface area contributed by atoms with Gasteiger partial charge >= 0.3 is 11.9 Å². The Morgan fingerprint density at radius 1 is 1.00 bits per heavy atom. The molecule has 0 bridgehead atoms. The van der Waals surface area contributed by atoms with Crippen LogP contribution in [0, 0.1) is 0 Å². The van der Waals surface area contributed by atoms with E-state index in [9.17, 15) is 29.1 Å². The minimum Gasteiger partial charge on any atom is -0.481 e. The van der Waals surface area contributed by atoms with Gasteiger partial charge in [-0.1, -0.05) is 0 Å². The van der Waals surface area contributed by atoms with Crippen LogP contribution in [-0.2, 0) is 24.0 Å². The second-order valence-electron chi connectivity index (χ2n) is 6.36. The van der Waals surface area contributed by atoms with E-state index in [1.165, 1.54) is 18.7 Å². The summed E-state index contributed by atoms with van der Waals surface area (Å²) in [6.07, 6.45) is -0.150. The zero-order valence-electron chi connectivity index (χ0n) is 16.5. The van der Waals surface area contributed by atoms with Gasteiger partial charge < -0.3 is 37.0 Å². The highest BCUT2D eigenvalue weighted by Gasteiger charge is 2.32. The number of carbonyl (C=O) groups excluding carboxylic acids is 3. The number of aliphatic carboxylic acids is 2. The van der Waals surface area contributed by atoms with Crippen molar-refractivity contribution in [2.45, 2.75) is 50.0 Å². The minimum absolute atomic E-state index is 0.149. The smallest absolute Gasteiger partial charge is 0.327 e. The molecule has 3 amide bonds. The average molecular weight is 469 g/mol. The first-order valence-electron chi connectivity index (χ1n) is 8.83. The molecule has 0 heterocycles. The first-order valence-corrected chi connectivity index (χ1v) is 10.9. The molecule has 0 spiro atoms. The molecule has 8 N–H and O–H groups in total. The van der Waals surface area contributed by atoms with E-state index in [2.05, 4.69) is 28.6 Å². The Morgan fingerprint density at radius 2 is 1.57 bits per heavy atom. The maximum Gasteiger partial charge on any atom is 0.327 e. The molecule has 5 atom stereocenters. The van der Waals surface area contributed by atoms with E-state index in [4.69, 9.17) is 15.9 Å². The second kappa shape index (κ2) is 14.1. The van der Waals surface area contributed by atoms with Gasteiger partial charge in [0.25, 0.3) is 0 Å². The first kappa shape index (κ1) is 28.0. The van der Waals surface area contributed by atoms with Crippen LogP contribution in [0.2, 0.25) is 0 Å². The fraction of sp³-hybridized carbons (Fsp3) is 0.688. The number of nitrogens with one attached hydrogen (secondary N) is 3. The van der Waals surface area contributed by atoms with Crippen molar-refractivity contribution in [1.82, 2.24) is 16.0 Å². The standard InChI is InChI=1S/C16H28N4O8S2/c1-7(21)12(20-13(24)8(17)5-11(22)23)15(26)18-9(3-4-30-2)14(25)19-10(6-29)16(27)28/h7-10,12,21,29H,3-6,17H2,1-2H3,(H,18,26)(H,19,25)(H,20,24)(H,22,23)(H,27,28). The highest BCUT2D eigenvalue weighted by molar-refractivity contribution is 7.98. The van der Waals surface area contributed by atoms with Gasteiger partial charge in [-0.2, -0.15) is 24.4 Å². The van der Waals surface area contributed by atoms with Crippen molar-refractivity contribution in [2.75, 3.05) is 17.8 Å². The van der Waals surface area contributed by atoms with Crippen molar-refractivity contribution in [3.05, 3.63) is 0 Å². The number of carbonyl (C=O) groups is 5. The van der Waals surface area contributed by atoms with E-state index in [0.717, 1.165) is 0 Å². The monoisotopic (exact) mass is 468 g/mol. The Balaban J connectivity index is 5.30. The zero-order chi connectivity index (χ0) is 23.4. The third-order valence-electron chi connectivity index (χ3n) is 3.83. The summed E-state index contributed by atoms with van der Waals surface area (Å²) in [6, 6.07) is -5.37. The molecule has 30 heavy (non-hydrogen) atoms. The quantitative estimate of drug-likeness (QED) is 0.125. The number of aliphatic hydroxyl groups is 1. The lowest BCUT2D eigenvalue weighted by atomic mass is 10.1. The van der Waals surface area contributed by atoms with Crippen molar-refractivity contribution >= 4 is 54.1 Å². The predicted molar refractivity (Wildman–Crippen MR) is 112 cm³/mol. The maximum atomic E-state index is 12.6. The van der Waals surface area contributed by atoms with E-state index in [0.29, 0.717) is 5.75 Å². The summed E-state index contributed by atoms with van der Waals surface area (Å²) in [5.41, 5.74) is 5.44. The summed E-state index contributed by atoms with van der Waals surface area (Å²) < 4.78 is 0. The molecule has 0 saturated carbocycles. The van der Waals surface area contributed by atoms with Gasteiger partial charge in [0.05, 0.1) is 18.6 Å². The predicted octanol–water partition coefficient (Wildman–Crippen LogP) is -2.61. The lowest BCUT2D eigenvalue weighted by Gasteiger charge is -2.26. The van der Waals surface area contributed by atoms with Crippen molar-refractivity contribution in [3.8, 4) is 0 Å². The molecule has 0 fully saturated rings. The molecule has 0 rings (SSSR count). The van der Waals surface area contributed by atoms with Crippen LogP contribution in [0.4, 0.5) is 0 Å². The summed E-state index contributed by atoms with van der Waals surface area (Å²) >= 11 is 5.24. The Bertz CT molecular complexity index is 634. The zero-order valence-corrected chi connectivity index (χ0v) is 18.2. The van der Waals surface area contributed by atoms with Crippen molar-refractivity contribution in [2.24, 2.45) is 5.73 Å². The fourth-order valence-corrected chi connectivity index (χ4v) is 2.89. The van der Waals surface area contributed by atoms with Crippen LogP contribution in [0.3, 0.4) is 0 Å². The summed E-state index contributed by atoms with van der Waals surface area (Å²) in [5.74, 6) is -4.98. The van der Waals surface area contributed by atoms with Gasteiger partial charge in [0.1, 0.15) is 18.1 Å². The molecule has 172 valence electrons. The lowest BCUT2D eigenvalue weighted by molar-refractivity contribution is -0.141. The van der Waals surface area contributed by atoms with Gasteiger partial charge in [0.15, 0.2) is 0 Å². The van der Waals surface area contributed by atoms with Crippen LogP contribution in [0.15, 0.2) is 0 Å². The average Bonchev–Trinajstić information content (AvgIpc) is 2.65. The number of hydrogen-bond acceptors (Lipinski definition) is 9. The van der Waals surface area contributed by atoms with E-state index in [-0.39, 0.29) is 12.2 Å². The maximum absolute atomic E-state index is 12.6. The Labute approximate surface area is 183 Å². The lowest BCUT2D eigenvalue weighted by Crippen LogP contribution is -2.60. The van der Waals surface area contributed by atoms with Crippen LogP contribution in [-0.4, -0.2) is 93.0 Å². The fourth-order valence-electron chi connectivity index (χ4n) is 2.17. The summed E-state index contributed by atoms with van der Waals surface area (Å²) in [6.45, 7) is 1.21. The molecule has 0 aliphatic rings. The molecular weight excluding hydrogens is 440 g/mol. The summed E-state index contributed by atoms with van der Waals surface area (Å²) in [5, 5.41) is 34.4. The van der Waals surface area contributed by atoms with Gasteiger partial charge in [-0.25, -0.2) is 4.79 Å². The van der Waals surface area contributed by atoms with Crippen molar-refractivity contribution in [1.29, 1.82) is 0 Å². The first-order chi connectivity index (χ1) is 13.9. The molecule has 12 nitrogen and oxygen atoms in total. The largest absolute Gasteiger partial charge is 0.481 e. The van der Waals surface area contributed by atoms with Crippen LogP contribution in [0.25, 0.3) is 0 Å². The van der Waals surface area contributed by atoms with E-state index in [1.54, 1.807) is 6.26 Å². The van der Waals surface area contributed by atoms with E-state index in [1.807, 2.05) is 0 Å². The highest BCUT2D eigenvalue weighted by Crippen LogP contribution is 2.04. The molecule has 0 radical (unpaired) electrons.